The van der Waals surface area contributed by atoms with Crippen molar-refractivity contribution < 1.29 is 9.53 Å². The summed E-state index contributed by atoms with van der Waals surface area (Å²) in [4.78, 5) is 18.9. The Kier molecular flexibility index (Phi) is 3.23. The van der Waals surface area contributed by atoms with E-state index < -0.39 is 11.7 Å². The Morgan fingerprint density at radius 1 is 1.50 bits per heavy atom. The molecular formula is C13H17N3O2. The number of nitrogens with zero attached hydrogens (tertiary/aromatic N) is 1. The molecule has 18 heavy (non-hydrogen) atoms. The summed E-state index contributed by atoms with van der Waals surface area (Å²) in [5, 5.41) is 2.70. The minimum atomic E-state index is -0.480. The minimum Gasteiger partial charge on any atom is -0.444 e. The Labute approximate surface area is 106 Å². The number of aromatic nitrogens is 2. The van der Waals surface area contributed by atoms with Crippen LogP contribution in [0, 0.1) is 0 Å². The van der Waals surface area contributed by atoms with E-state index in [1.54, 1.807) is 6.20 Å². The molecule has 0 aliphatic carbocycles. The average Bonchev–Trinajstić information content (AvgIpc) is 2.66. The smallest absolute Gasteiger partial charge is 0.407 e. The summed E-state index contributed by atoms with van der Waals surface area (Å²) in [5.74, 6) is 0. The topological polar surface area (TPSA) is 67.0 Å². The Bertz CT molecular complexity index is 522. The fourth-order valence-corrected chi connectivity index (χ4v) is 1.59. The standard InChI is InChI=1S/C13H17N3O2/c1-13(2,3)18-12(17)15-8-9-7-11-10(16-9)5-4-6-14-11/h4-7,16H,8H2,1-3H3,(H,15,17). The van der Waals surface area contributed by atoms with Gasteiger partial charge in [0.1, 0.15) is 5.60 Å². The van der Waals surface area contributed by atoms with E-state index in [2.05, 4.69) is 15.3 Å². The SMILES string of the molecule is CC(C)(C)OC(=O)NCc1cc2ncccc2[nH]1. The second-order valence-corrected chi connectivity index (χ2v) is 5.09. The summed E-state index contributed by atoms with van der Waals surface area (Å²) in [5.41, 5.74) is 2.26. The highest BCUT2D eigenvalue weighted by molar-refractivity contribution is 5.75. The first-order valence-electron chi connectivity index (χ1n) is 5.83. The van der Waals surface area contributed by atoms with Gasteiger partial charge in [-0.3, -0.25) is 4.98 Å². The van der Waals surface area contributed by atoms with Crippen LogP contribution in [0.5, 0.6) is 0 Å². The third-order valence-electron chi connectivity index (χ3n) is 2.27. The summed E-state index contributed by atoms with van der Waals surface area (Å²) in [6, 6.07) is 5.72. The molecule has 0 aliphatic heterocycles. The van der Waals surface area contributed by atoms with Crippen LogP contribution in [0.2, 0.25) is 0 Å². The normalized spacial score (nSPS) is 11.5. The summed E-state index contributed by atoms with van der Waals surface area (Å²) in [6.45, 7) is 5.89. The van der Waals surface area contributed by atoms with Crippen LogP contribution in [0.25, 0.3) is 11.0 Å². The summed E-state index contributed by atoms with van der Waals surface area (Å²) in [7, 11) is 0. The van der Waals surface area contributed by atoms with Crippen molar-refractivity contribution in [3.05, 3.63) is 30.1 Å². The van der Waals surface area contributed by atoms with E-state index in [-0.39, 0.29) is 0 Å². The fraction of sp³-hybridized carbons (Fsp3) is 0.385. The Morgan fingerprint density at radius 2 is 2.28 bits per heavy atom. The van der Waals surface area contributed by atoms with Crippen LogP contribution in [0.3, 0.4) is 0 Å². The number of H-pyrrole nitrogens is 1. The van der Waals surface area contributed by atoms with Crippen LogP contribution in [0.15, 0.2) is 24.4 Å². The van der Waals surface area contributed by atoms with Gasteiger partial charge in [-0.05, 0) is 39.0 Å². The van der Waals surface area contributed by atoms with Gasteiger partial charge < -0.3 is 15.0 Å². The second kappa shape index (κ2) is 4.68. The minimum absolute atomic E-state index is 0.394. The van der Waals surface area contributed by atoms with Gasteiger partial charge in [0.15, 0.2) is 0 Å². The summed E-state index contributed by atoms with van der Waals surface area (Å²) >= 11 is 0. The lowest BCUT2D eigenvalue weighted by Crippen LogP contribution is -2.32. The van der Waals surface area contributed by atoms with Gasteiger partial charge in [-0.25, -0.2) is 4.79 Å². The van der Waals surface area contributed by atoms with Crippen molar-refractivity contribution in [2.45, 2.75) is 32.9 Å². The predicted molar refractivity (Wildman–Crippen MR) is 69.2 cm³/mol. The monoisotopic (exact) mass is 247 g/mol. The van der Waals surface area contributed by atoms with Crippen LogP contribution in [0.1, 0.15) is 26.5 Å². The number of pyridine rings is 1. The molecule has 5 nitrogen and oxygen atoms in total. The number of hydrogen-bond donors (Lipinski definition) is 2. The van der Waals surface area contributed by atoms with E-state index in [1.807, 2.05) is 39.0 Å². The highest BCUT2D eigenvalue weighted by Crippen LogP contribution is 2.12. The lowest BCUT2D eigenvalue weighted by molar-refractivity contribution is 0.0523. The number of nitrogens with one attached hydrogen (secondary N) is 2. The summed E-state index contributed by atoms with van der Waals surface area (Å²) in [6.07, 6.45) is 1.32. The third-order valence-corrected chi connectivity index (χ3v) is 2.27. The highest BCUT2D eigenvalue weighted by atomic mass is 16.6. The molecule has 0 bridgehead atoms. The highest BCUT2D eigenvalue weighted by Gasteiger charge is 2.15. The first-order chi connectivity index (χ1) is 8.44. The van der Waals surface area contributed by atoms with Gasteiger partial charge in [0.2, 0.25) is 0 Å². The number of carbonyl (C=O) groups is 1. The van der Waals surface area contributed by atoms with E-state index in [0.29, 0.717) is 6.54 Å². The molecule has 1 amide bonds. The van der Waals surface area contributed by atoms with Gasteiger partial charge in [-0.15, -0.1) is 0 Å². The van der Waals surface area contributed by atoms with E-state index in [1.165, 1.54) is 0 Å². The molecule has 2 rings (SSSR count). The molecule has 0 radical (unpaired) electrons. The van der Waals surface area contributed by atoms with Gasteiger partial charge in [0.25, 0.3) is 0 Å². The van der Waals surface area contributed by atoms with Crippen molar-refractivity contribution in [2.24, 2.45) is 0 Å². The molecule has 0 saturated heterocycles. The lowest BCUT2D eigenvalue weighted by Gasteiger charge is -2.19. The van der Waals surface area contributed by atoms with E-state index in [4.69, 9.17) is 4.74 Å². The first-order valence-corrected chi connectivity index (χ1v) is 5.83. The number of carbonyl (C=O) groups excluding carboxylic acids is 1. The molecule has 0 saturated carbocycles. The number of hydrogen-bond acceptors (Lipinski definition) is 3. The van der Waals surface area contributed by atoms with Crippen molar-refractivity contribution in [2.75, 3.05) is 0 Å². The van der Waals surface area contributed by atoms with Gasteiger partial charge in [-0.1, -0.05) is 0 Å². The molecule has 0 unspecified atom stereocenters. The number of rotatable bonds is 2. The molecule has 96 valence electrons. The number of ether oxygens (including phenoxy) is 1. The average molecular weight is 247 g/mol. The lowest BCUT2D eigenvalue weighted by atomic mass is 10.2. The van der Waals surface area contributed by atoms with Crippen molar-refractivity contribution >= 4 is 17.1 Å². The predicted octanol–water partition coefficient (Wildman–Crippen LogP) is 2.59. The fourth-order valence-electron chi connectivity index (χ4n) is 1.59. The molecular weight excluding hydrogens is 230 g/mol. The van der Waals surface area contributed by atoms with Crippen LogP contribution in [-0.4, -0.2) is 21.7 Å². The van der Waals surface area contributed by atoms with Crippen LogP contribution >= 0.6 is 0 Å². The number of aromatic amines is 1. The Hall–Kier alpha value is -2.04. The Morgan fingerprint density at radius 3 is 2.94 bits per heavy atom. The van der Waals surface area contributed by atoms with Gasteiger partial charge in [-0.2, -0.15) is 0 Å². The molecule has 0 spiro atoms. The molecule has 2 heterocycles. The maximum Gasteiger partial charge on any atom is 0.407 e. The van der Waals surface area contributed by atoms with Crippen LogP contribution in [-0.2, 0) is 11.3 Å². The first kappa shape index (κ1) is 12.4. The number of fused-ring (bicyclic) bond motifs is 1. The van der Waals surface area contributed by atoms with Gasteiger partial charge in [0.05, 0.1) is 17.6 Å². The van der Waals surface area contributed by atoms with Crippen molar-refractivity contribution in [1.29, 1.82) is 0 Å². The Balaban J connectivity index is 1.96. The maximum atomic E-state index is 11.5. The third kappa shape index (κ3) is 3.23. The molecule has 0 atom stereocenters. The van der Waals surface area contributed by atoms with Crippen LogP contribution < -0.4 is 5.32 Å². The van der Waals surface area contributed by atoms with Crippen molar-refractivity contribution in [3.63, 3.8) is 0 Å². The number of alkyl carbamates (subject to hydrolysis) is 1. The molecule has 5 heteroatoms. The molecule has 2 N–H and O–H groups in total. The molecule has 2 aromatic heterocycles. The molecule has 0 fully saturated rings. The van der Waals surface area contributed by atoms with Crippen LogP contribution in [0.4, 0.5) is 4.79 Å². The zero-order valence-corrected chi connectivity index (χ0v) is 10.8. The van der Waals surface area contributed by atoms with Gasteiger partial charge >= 0.3 is 6.09 Å². The second-order valence-electron chi connectivity index (χ2n) is 5.09. The molecule has 0 aliphatic rings. The quantitative estimate of drug-likeness (QED) is 0.857. The zero-order chi connectivity index (χ0) is 13.2. The molecule has 0 aromatic carbocycles. The van der Waals surface area contributed by atoms with Crippen molar-refractivity contribution in [1.82, 2.24) is 15.3 Å². The van der Waals surface area contributed by atoms with Crippen molar-refractivity contribution in [3.8, 4) is 0 Å². The molecule has 2 aromatic rings. The van der Waals surface area contributed by atoms with E-state index in [0.717, 1.165) is 16.7 Å². The maximum absolute atomic E-state index is 11.5. The van der Waals surface area contributed by atoms with E-state index >= 15 is 0 Å². The number of amides is 1. The largest absolute Gasteiger partial charge is 0.444 e. The zero-order valence-electron chi connectivity index (χ0n) is 10.8. The van der Waals surface area contributed by atoms with Gasteiger partial charge in [0, 0.05) is 11.9 Å². The summed E-state index contributed by atoms with van der Waals surface area (Å²) < 4.78 is 5.15. The van der Waals surface area contributed by atoms with E-state index in [9.17, 15) is 4.79 Å².